The number of nitrogens with zero attached hydrogens (tertiary/aromatic N) is 2. The lowest BCUT2D eigenvalue weighted by molar-refractivity contribution is -0.0341. The summed E-state index contributed by atoms with van der Waals surface area (Å²) in [6.07, 6.45) is -2.33. The summed E-state index contributed by atoms with van der Waals surface area (Å²) in [4.78, 5) is 17.0. The van der Waals surface area contributed by atoms with E-state index in [9.17, 15) is 26.7 Å². The van der Waals surface area contributed by atoms with Crippen LogP contribution in [0, 0.1) is 18.3 Å². The first-order chi connectivity index (χ1) is 11.7. The standard InChI is InChI=1S/C15H10F5N3O2/c1-7-9(4-21)2-8(13(17)18)3-10(7)25-11-12(15(19,20)5-16)22-6-23-14(11)24/h2-3,6,13H,5H2,1H3,(H,22,23,24). The fourth-order valence-corrected chi connectivity index (χ4v) is 1.97. The Bertz CT molecular complexity index is 890. The molecule has 0 aliphatic heterocycles. The minimum Gasteiger partial charge on any atom is -0.449 e. The van der Waals surface area contributed by atoms with Crippen molar-refractivity contribution >= 4 is 0 Å². The number of nitrogens with one attached hydrogen (secondary N) is 1. The molecule has 0 fully saturated rings. The molecule has 2 rings (SSSR count). The molecular formula is C15H10F5N3O2. The Labute approximate surface area is 137 Å². The Balaban J connectivity index is 2.64. The van der Waals surface area contributed by atoms with E-state index >= 15 is 0 Å². The summed E-state index contributed by atoms with van der Waals surface area (Å²) in [7, 11) is 0. The van der Waals surface area contributed by atoms with Crippen LogP contribution in [0.4, 0.5) is 22.0 Å². The van der Waals surface area contributed by atoms with Crippen LogP contribution in [-0.4, -0.2) is 16.6 Å². The first-order valence-corrected chi connectivity index (χ1v) is 6.74. The largest absolute Gasteiger partial charge is 0.449 e. The number of nitriles is 1. The number of alkyl halides is 5. The third-order valence-corrected chi connectivity index (χ3v) is 3.29. The molecule has 0 unspecified atom stereocenters. The molecule has 2 aromatic rings. The Kier molecular flexibility index (Phi) is 5.06. The van der Waals surface area contributed by atoms with Crippen molar-refractivity contribution < 1.29 is 26.7 Å². The maximum atomic E-state index is 13.6. The number of ether oxygens (including phenoxy) is 1. The molecular weight excluding hydrogens is 349 g/mol. The maximum Gasteiger partial charge on any atom is 0.321 e. The number of rotatable bonds is 5. The third-order valence-electron chi connectivity index (χ3n) is 3.29. The van der Waals surface area contributed by atoms with Crippen molar-refractivity contribution in [2.75, 3.05) is 6.67 Å². The zero-order valence-corrected chi connectivity index (χ0v) is 12.6. The summed E-state index contributed by atoms with van der Waals surface area (Å²) in [6, 6.07) is 3.39. The summed E-state index contributed by atoms with van der Waals surface area (Å²) < 4.78 is 70.8. The lowest BCUT2D eigenvalue weighted by Crippen LogP contribution is -2.24. The van der Waals surface area contributed by atoms with Gasteiger partial charge in [-0.1, -0.05) is 0 Å². The summed E-state index contributed by atoms with van der Waals surface area (Å²) in [5.74, 6) is -5.57. The van der Waals surface area contributed by atoms with Crippen molar-refractivity contribution in [1.82, 2.24) is 9.97 Å². The summed E-state index contributed by atoms with van der Waals surface area (Å²) in [5.41, 5.74) is -3.18. The Morgan fingerprint density at radius 2 is 2.08 bits per heavy atom. The molecule has 10 heteroatoms. The van der Waals surface area contributed by atoms with Gasteiger partial charge in [0, 0.05) is 11.1 Å². The second-order valence-corrected chi connectivity index (χ2v) is 4.95. The molecule has 0 aliphatic rings. The Hall–Kier alpha value is -2.96. The van der Waals surface area contributed by atoms with Gasteiger partial charge in [0.05, 0.1) is 18.0 Å². The molecule has 25 heavy (non-hydrogen) atoms. The topological polar surface area (TPSA) is 78.8 Å². The number of hydrogen-bond acceptors (Lipinski definition) is 4. The molecule has 0 atom stereocenters. The molecule has 0 saturated heterocycles. The predicted octanol–water partition coefficient (Wildman–Crippen LogP) is 3.74. The van der Waals surface area contributed by atoms with E-state index in [4.69, 9.17) is 10.00 Å². The molecule has 0 amide bonds. The summed E-state index contributed by atoms with van der Waals surface area (Å²) in [6.45, 7) is -0.819. The molecule has 1 aromatic heterocycles. The SMILES string of the molecule is Cc1c(C#N)cc(C(F)F)cc1Oc1c(C(F)(F)CF)nc[nH]c1=O. The number of aromatic nitrogens is 2. The van der Waals surface area contributed by atoms with Gasteiger partial charge < -0.3 is 9.72 Å². The smallest absolute Gasteiger partial charge is 0.321 e. The molecule has 0 saturated carbocycles. The second-order valence-electron chi connectivity index (χ2n) is 4.95. The lowest BCUT2D eigenvalue weighted by Gasteiger charge is -2.17. The van der Waals surface area contributed by atoms with Crippen LogP contribution in [0.15, 0.2) is 23.3 Å². The van der Waals surface area contributed by atoms with Gasteiger partial charge in [0.15, 0.2) is 12.4 Å². The van der Waals surface area contributed by atoms with Crippen molar-refractivity contribution in [2.24, 2.45) is 0 Å². The van der Waals surface area contributed by atoms with E-state index in [1.165, 1.54) is 6.92 Å². The lowest BCUT2D eigenvalue weighted by atomic mass is 10.0. The van der Waals surface area contributed by atoms with Gasteiger partial charge in [-0.15, -0.1) is 0 Å². The van der Waals surface area contributed by atoms with Crippen LogP contribution in [0.2, 0.25) is 0 Å². The highest BCUT2D eigenvalue weighted by molar-refractivity contribution is 5.50. The van der Waals surface area contributed by atoms with E-state index in [2.05, 4.69) is 4.98 Å². The molecule has 0 bridgehead atoms. The van der Waals surface area contributed by atoms with Crippen molar-refractivity contribution in [2.45, 2.75) is 19.3 Å². The van der Waals surface area contributed by atoms with Gasteiger partial charge in [-0.05, 0) is 19.1 Å². The van der Waals surface area contributed by atoms with E-state index in [1.54, 1.807) is 6.07 Å². The minimum absolute atomic E-state index is 0.0460. The highest BCUT2D eigenvalue weighted by Crippen LogP contribution is 2.36. The van der Waals surface area contributed by atoms with Gasteiger partial charge in [-0.25, -0.2) is 18.2 Å². The van der Waals surface area contributed by atoms with Gasteiger partial charge in [-0.3, -0.25) is 4.79 Å². The first kappa shape index (κ1) is 18.4. The first-order valence-electron chi connectivity index (χ1n) is 6.74. The van der Waals surface area contributed by atoms with E-state index < -0.39 is 47.3 Å². The van der Waals surface area contributed by atoms with Gasteiger partial charge >= 0.3 is 5.92 Å². The van der Waals surface area contributed by atoms with Crippen LogP contribution < -0.4 is 10.3 Å². The molecule has 1 aromatic carbocycles. The van der Waals surface area contributed by atoms with Crippen molar-refractivity contribution in [3.63, 3.8) is 0 Å². The normalized spacial score (nSPS) is 11.4. The predicted molar refractivity (Wildman–Crippen MR) is 75.7 cm³/mol. The molecule has 1 heterocycles. The average Bonchev–Trinajstić information content (AvgIpc) is 2.57. The molecule has 5 nitrogen and oxygen atoms in total. The molecule has 132 valence electrons. The van der Waals surface area contributed by atoms with Crippen LogP contribution in [0.25, 0.3) is 0 Å². The summed E-state index contributed by atoms with van der Waals surface area (Å²) >= 11 is 0. The van der Waals surface area contributed by atoms with Crippen molar-refractivity contribution in [3.05, 3.63) is 51.2 Å². The monoisotopic (exact) mass is 359 g/mol. The van der Waals surface area contributed by atoms with Crippen molar-refractivity contribution in [3.8, 4) is 17.6 Å². The van der Waals surface area contributed by atoms with Crippen LogP contribution in [0.3, 0.4) is 0 Å². The van der Waals surface area contributed by atoms with Gasteiger partial charge in [-0.2, -0.15) is 14.0 Å². The quantitative estimate of drug-likeness (QED) is 0.825. The Morgan fingerprint density at radius 3 is 2.64 bits per heavy atom. The van der Waals surface area contributed by atoms with E-state index in [1.807, 2.05) is 4.98 Å². The molecule has 0 aliphatic carbocycles. The van der Waals surface area contributed by atoms with Gasteiger partial charge in [0.1, 0.15) is 5.75 Å². The second kappa shape index (κ2) is 6.88. The fraction of sp³-hybridized carbons (Fsp3) is 0.267. The van der Waals surface area contributed by atoms with Crippen LogP contribution in [-0.2, 0) is 5.92 Å². The number of halogens is 5. The fourth-order valence-electron chi connectivity index (χ4n) is 1.97. The van der Waals surface area contributed by atoms with Crippen LogP contribution in [0.5, 0.6) is 11.5 Å². The van der Waals surface area contributed by atoms with E-state index in [0.29, 0.717) is 6.33 Å². The number of hydrogen-bond donors (Lipinski definition) is 1. The zero-order chi connectivity index (χ0) is 18.8. The number of H-pyrrole nitrogens is 1. The highest BCUT2D eigenvalue weighted by Gasteiger charge is 2.38. The van der Waals surface area contributed by atoms with Gasteiger partial charge in [0.2, 0.25) is 5.75 Å². The van der Waals surface area contributed by atoms with Gasteiger partial charge in [0.25, 0.3) is 12.0 Å². The third kappa shape index (κ3) is 3.60. The number of aromatic amines is 1. The van der Waals surface area contributed by atoms with Crippen LogP contribution in [0.1, 0.15) is 28.8 Å². The molecule has 0 radical (unpaired) electrons. The highest BCUT2D eigenvalue weighted by atomic mass is 19.3. The average molecular weight is 359 g/mol. The van der Waals surface area contributed by atoms with Crippen molar-refractivity contribution in [1.29, 1.82) is 5.26 Å². The molecule has 0 spiro atoms. The maximum absolute atomic E-state index is 13.6. The van der Waals surface area contributed by atoms with E-state index in [0.717, 1.165) is 12.1 Å². The molecule has 1 N–H and O–H groups in total. The van der Waals surface area contributed by atoms with Crippen LogP contribution >= 0.6 is 0 Å². The summed E-state index contributed by atoms with van der Waals surface area (Å²) in [5, 5.41) is 8.99. The van der Waals surface area contributed by atoms with E-state index in [-0.39, 0.29) is 11.1 Å². The number of benzene rings is 1. The minimum atomic E-state index is -4.12. The zero-order valence-electron chi connectivity index (χ0n) is 12.6. The Morgan fingerprint density at radius 1 is 1.40 bits per heavy atom.